The molecule has 1 aromatic carbocycles. The number of methoxy groups -OCH3 is 1. The summed E-state index contributed by atoms with van der Waals surface area (Å²) in [4.78, 5) is 16.0. The van der Waals surface area contributed by atoms with Crippen molar-refractivity contribution in [2.45, 2.75) is 19.8 Å². The summed E-state index contributed by atoms with van der Waals surface area (Å²) in [7, 11) is 1.64. The summed E-state index contributed by atoms with van der Waals surface area (Å²) in [6, 6.07) is 7.86. The van der Waals surface area contributed by atoms with Crippen LogP contribution in [0.25, 0.3) is 0 Å². The minimum absolute atomic E-state index is 0.181. The number of carbonyl (C=O) groups excluding carboxylic acids is 1. The number of nitrogens with zero attached hydrogens (tertiary/aromatic N) is 1. The van der Waals surface area contributed by atoms with Gasteiger partial charge in [-0.25, -0.2) is 4.98 Å². The first-order chi connectivity index (χ1) is 11.6. The number of thiocarbonyl (C=S) groups is 1. The third-order valence-electron chi connectivity index (χ3n) is 3.18. The van der Waals surface area contributed by atoms with Crippen LogP contribution in [0.1, 0.15) is 16.3 Å². The number of rotatable bonds is 6. The van der Waals surface area contributed by atoms with Crippen molar-refractivity contribution >= 4 is 34.6 Å². The van der Waals surface area contributed by atoms with Crippen molar-refractivity contribution in [3.05, 3.63) is 45.9 Å². The number of ether oxygens (including phenoxy) is 1. The molecule has 2 aromatic rings. The molecule has 0 aliphatic heterocycles. The predicted molar refractivity (Wildman–Crippen MR) is 99.1 cm³/mol. The fourth-order valence-corrected chi connectivity index (χ4v) is 2.75. The first-order valence-corrected chi connectivity index (χ1v) is 8.72. The van der Waals surface area contributed by atoms with Gasteiger partial charge in [0.25, 0.3) is 0 Å². The largest absolute Gasteiger partial charge is 0.497 e. The number of hydrazine groups is 1. The summed E-state index contributed by atoms with van der Waals surface area (Å²) in [5.41, 5.74) is 7.18. The molecule has 0 radical (unpaired) electrons. The van der Waals surface area contributed by atoms with Crippen molar-refractivity contribution in [1.29, 1.82) is 0 Å². The van der Waals surface area contributed by atoms with Gasteiger partial charge in [-0.2, -0.15) is 0 Å². The fourth-order valence-electron chi connectivity index (χ4n) is 1.98. The third-order valence-corrected chi connectivity index (χ3v) is 4.25. The monoisotopic (exact) mass is 364 g/mol. The lowest BCUT2D eigenvalue weighted by molar-refractivity contribution is -0.121. The van der Waals surface area contributed by atoms with Crippen molar-refractivity contribution < 1.29 is 9.53 Å². The number of amides is 1. The van der Waals surface area contributed by atoms with E-state index in [0.717, 1.165) is 22.9 Å². The average molecular weight is 364 g/mol. The maximum atomic E-state index is 11.8. The molecule has 0 atom stereocenters. The SMILES string of the molecule is COc1ccc(CCNC(=S)NNC(=O)Cc2csc(C)n2)cc1. The van der Waals surface area contributed by atoms with Crippen molar-refractivity contribution in [3.8, 4) is 5.75 Å². The lowest BCUT2D eigenvalue weighted by Gasteiger charge is -2.11. The van der Waals surface area contributed by atoms with Crippen LogP contribution in [0.2, 0.25) is 0 Å². The minimum atomic E-state index is -0.181. The lowest BCUT2D eigenvalue weighted by Crippen LogP contribution is -2.47. The van der Waals surface area contributed by atoms with Gasteiger partial charge >= 0.3 is 0 Å². The molecule has 0 aliphatic carbocycles. The van der Waals surface area contributed by atoms with Gasteiger partial charge < -0.3 is 10.1 Å². The van der Waals surface area contributed by atoms with Gasteiger partial charge in [0.15, 0.2) is 5.11 Å². The first-order valence-electron chi connectivity index (χ1n) is 7.43. The molecule has 0 spiro atoms. The highest BCUT2D eigenvalue weighted by atomic mass is 32.1. The van der Waals surface area contributed by atoms with Crippen molar-refractivity contribution in [2.24, 2.45) is 0 Å². The Morgan fingerprint density at radius 2 is 2.04 bits per heavy atom. The van der Waals surface area contributed by atoms with Crippen LogP contribution in [0.15, 0.2) is 29.6 Å². The van der Waals surface area contributed by atoms with Gasteiger partial charge in [0.05, 0.1) is 24.2 Å². The molecule has 0 bridgehead atoms. The van der Waals surface area contributed by atoms with Crippen LogP contribution >= 0.6 is 23.6 Å². The summed E-state index contributed by atoms with van der Waals surface area (Å²) in [6.45, 7) is 2.57. The molecule has 1 amide bonds. The zero-order chi connectivity index (χ0) is 17.4. The van der Waals surface area contributed by atoms with Gasteiger partial charge in [-0.05, 0) is 43.3 Å². The van der Waals surface area contributed by atoms with E-state index in [1.54, 1.807) is 7.11 Å². The lowest BCUT2D eigenvalue weighted by atomic mass is 10.1. The average Bonchev–Trinajstić information content (AvgIpc) is 2.98. The van der Waals surface area contributed by atoms with Gasteiger partial charge in [0.2, 0.25) is 5.91 Å². The smallest absolute Gasteiger partial charge is 0.244 e. The predicted octanol–water partition coefficient (Wildman–Crippen LogP) is 1.74. The Labute approximate surface area is 150 Å². The molecule has 3 N–H and O–H groups in total. The molecule has 2 rings (SSSR count). The standard InChI is InChI=1S/C16H20N4O2S2/c1-11-18-13(10-24-11)9-15(21)19-20-16(23)17-8-7-12-3-5-14(22-2)6-4-12/h3-6,10H,7-9H2,1-2H3,(H,19,21)(H2,17,20,23). The van der Waals surface area contributed by atoms with Crippen LogP contribution in [-0.2, 0) is 17.6 Å². The van der Waals surface area contributed by atoms with Gasteiger partial charge in [-0.15, -0.1) is 11.3 Å². The van der Waals surface area contributed by atoms with Gasteiger partial charge in [0.1, 0.15) is 5.75 Å². The van der Waals surface area contributed by atoms with Crippen LogP contribution in [0.5, 0.6) is 5.75 Å². The first kappa shape index (κ1) is 18.2. The van der Waals surface area contributed by atoms with E-state index in [-0.39, 0.29) is 12.3 Å². The molecule has 0 saturated heterocycles. The molecule has 0 unspecified atom stereocenters. The second-order valence-corrected chi connectivity index (χ2v) is 6.53. The van der Waals surface area contributed by atoms with E-state index in [4.69, 9.17) is 17.0 Å². The van der Waals surface area contributed by atoms with Crippen LogP contribution in [0.4, 0.5) is 0 Å². The van der Waals surface area contributed by atoms with E-state index in [0.29, 0.717) is 11.7 Å². The van der Waals surface area contributed by atoms with Crippen LogP contribution in [0, 0.1) is 6.92 Å². The van der Waals surface area contributed by atoms with E-state index in [1.807, 2.05) is 36.6 Å². The van der Waals surface area contributed by atoms with Crippen LogP contribution < -0.4 is 20.9 Å². The number of hydrogen-bond donors (Lipinski definition) is 3. The Morgan fingerprint density at radius 3 is 2.67 bits per heavy atom. The highest BCUT2D eigenvalue weighted by molar-refractivity contribution is 7.80. The van der Waals surface area contributed by atoms with E-state index in [9.17, 15) is 4.79 Å². The Kier molecular flexibility index (Phi) is 6.95. The summed E-state index contributed by atoms with van der Waals surface area (Å²) in [5, 5.41) is 6.25. The highest BCUT2D eigenvalue weighted by Gasteiger charge is 2.06. The summed E-state index contributed by atoms with van der Waals surface area (Å²) < 4.78 is 5.12. The number of thiazole rings is 1. The molecular formula is C16H20N4O2S2. The molecule has 24 heavy (non-hydrogen) atoms. The maximum absolute atomic E-state index is 11.8. The molecular weight excluding hydrogens is 344 g/mol. The molecule has 6 nitrogen and oxygen atoms in total. The number of benzene rings is 1. The van der Waals surface area contributed by atoms with E-state index >= 15 is 0 Å². The van der Waals surface area contributed by atoms with Gasteiger partial charge in [-0.3, -0.25) is 15.6 Å². The van der Waals surface area contributed by atoms with E-state index < -0.39 is 0 Å². The summed E-state index contributed by atoms with van der Waals surface area (Å²) in [6.07, 6.45) is 1.05. The van der Waals surface area contributed by atoms with Crippen molar-refractivity contribution in [3.63, 3.8) is 0 Å². The summed E-state index contributed by atoms with van der Waals surface area (Å²) >= 11 is 6.65. The van der Waals surface area contributed by atoms with Gasteiger partial charge in [-0.1, -0.05) is 12.1 Å². The molecule has 8 heteroatoms. The van der Waals surface area contributed by atoms with Crippen LogP contribution in [0.3, 0.4) is 0 Å². The topological polar surface area (TPSA) is 75.3 Å². The maximum Gasteiger partial charge on any atom is 0.244 e. The number of aromatic nitrogens is 1. The Hall–Kier alpha value is -2.19. The van der Waals surface area contributed by atoms with E-state index in [1.165, 1.54) is 16.9 Å². The zero-order valence-corrected chi connectivity index (χ0v) is 15.2. The second-order valence-electron chi connectivity index (χ2n) is 5.06. The molecule has 0 fully saturated rings. The number of hydrogen-bond acceptors (Lipinski definition) is 5. The number of nitrogens with one attached hydrogen (secondary N) is 3. The Bertz CT molecular complexity index is 686. The van der Waals surface area contributed by atoms with Crippen LogP contribution in [-0.4, -0.2) is 29.7 Å². The normalized spacial score (nSPS) is 10.1. The Morgan fingerprint density at radius 1 is 1.29 bits per heavy atom. The quantitative estimate of drug-likeness (QED) is 0.536. The van der Waals surface area contributed by atoms with Crippen molar-refractivity contribution in [1.82, 2.24) is 21.2 Å². The number of aryl methyl sites for hydroxylation is 1. The second kappa shape index (κ2) is 9.19. The molecule has 1 heterocycles. The van der Waals surface area contributed by atoms with E-state index in [2.05, 4.69) is 21.2 Å². The minimum Gasteiger partial charge on any atom is -0.497 e. The van der Waals surface area contributed by atoms with Crippen molar-refractivity contribution in [2.75, 3.05) is 13.7 Å². The number of carbonyl (C=O) groups is 1. The highest BCUT2D eigenvalue weighted by Crippen LogP contribution is 2.11. The summed E-state index contributed by atoms with van der Waals surface area (Å²) in [5.74, 6) is 0.654. The molecule has 1 aromatic heterocycles. The molecule has 0 saturated carbocycles. The zero-order valence-electron chi connectivity index (χ0n) is 13.6. The fraction of sp³-hybridized carbons (Fsp3) is 0.312. The molecule has 0 aliphatic rings. The van der Waals surface area contributed by atoms with Gasteiger partial charge in [0, 0.05) is 11.9 Å². The molecule has 128 valence electrons. The Balaban J connectivity index is 1.63. The third kappa shape index (κ3) is 6.13.